The van der Waals surface area contributed by atoms with Crippen molar-refractivity contribution in [2.75, 3.05) is 6.54 Å². The molecule has 0 spiro atoms. The van der Waals surface area contributed by atoms with Crippen molar-refractivity contribution in [1.82, 2.24) is 5.32 Å². The first kappa shape index (κ1) is 16.9. The minimum Gasteiger partial charge on any atom is -0.356 e. The molecular weight excluding hydrogens is 233 g/mol. The average molecular weight is 249 g/mol. The zero-order valence-corrected chi connectivity index (χ0v) is 9.25. The van der Waals surface area contributed by atoms with Crippen molar-refractivity contribution in [3.05, 3.63) is 0 Å². The van der Waals surface area contributed by atoms with Crippen LogP contribution in [0.3, 0.4) is 0 Å². The third-order valence-corrected chi connectivity index (χ3v) is 1.56. The third kappa shape index (κ3) is 13.5. The van der Waals surface area contributed by atoms with Crippen molar-refractivity contribution in [1.29, 1.82) is 0 Å². The van der Waals surface area contributed by atoms with E-state index in [1.54, 1.807) is 6.92 Å². The molecule has 0 fully saturated rings. The van der Waals surface area contributed by atoms with Gasteiger partial charge in [0.05, 0.1) is 6.42 Å². The highest BCUT2D eigenvalue weighted by molar-refractivity contribution is 5.85. The summed E-state index contributed by atoms with van der Waals surface area (Å²) >= 11 is 0. The second kappa shape index (κ2) is 7.76. The molecule has 0 aliphatic rings. The molecule has 0 heterocycles. The van der Waals surface area contributed by atoms with Crippen LogP contribution in [-0.4, -0.2) is 24.7 Å². The number of amides is 1. The van der Waals surface area contributed by atoms with Gasteiger partial charge in [-0.1, -0.05) is 0 Å². The summed E-state index contributed by atoms with van der Waals surface area (Å²) < 4.78 is 35.0. The molecule has 0 aromatic rings. The quantitative estimate of drug-likeness (QED) is 0.777. The molecule has 3 nitrogen and oxygen atoms in total. The van der Waals surface area contributed by atoms with E-state index in [9.17, 15) is 18.0 Å². The molecule has 3 N–H and O–H groups in total. The number of hydrogen-bond acceptors (Lipinski definition) is 2. The average Bonchev–Trinajstić information content (AvgIpc) is 1.99. The van der Waals surface area contributed by atoms with Crippen LogP contribution in [0, 0.1) is 0 Å². The van der Waals surface area contributed by atoms with E-state index in [0.717, 1.165) is 0 Å². The number of rotatable bonds is 5. The lowest BCUT2D eigenvalue weighted by Gasteiger charge is -2.08. The van der Waals surface area contributed by atoms with Crippen molar-refractivity contribution >= 4 is 18.3 Å². The highest BCUT2D eigenvalue weighted by atomic mass is 35.5. The fourth-order valence-electron chi connectivity index (χ4n) is 0.783. The van der Waals surface area contributed by atoms with Gasteiger partial charge in [0.1, 0.15) is 0 Å². The Kier molecular flexibility index (Phi) is 8.75. The lowest BCUT2D eigenvalue weighted by atomic mass is 10.2. The minimum atomic E-state index is -4.27. The zero-order chi connectivity index (χ0) is 11.2. The van der Waals surface area contributed by atoms with Gasteiger partial charge in [-0.25, -0.2) is 0 Å². The van der Waals surface area contributed by atoms with Crippen LogP contribution in [0.15, 0.2) is 0 Å². The second-order valence-corrected chi connectivity index (χ2v) is 3.23. The van der Waals surface area contributed by atoms with Gasteiger partial charge < -0.3 is 11.1 Å². The summed E-state index contributed by atoms with van der Waals surface area (Å²) in [7, 11) is 0. The number of alkyl halides is 3. The summed E-state index contributed by atoms with van der Waals surface area (Å²) in [6, 6.07) is -0.0575. The molecule has 1 unspecified atom stereocenters. The molecular formula is C8H16ClF3N2O. The maximum Gasteiger partial charge on any atom is 0.389 e. The summed E-state index contributed by atoms with van der Waals surface area (Å²) in [5, 5.41) is 2.37. The zero-order valence-electron chi connectivity index (χ0n) is 8.43. The van der Waals surface area contributed by atoms with Crippen LogP contribution in [0.2, 0.25) is 0 Å². The van der Waals surface area contributed by atoms with Gasteiger partial charge in [-0.05, 0) is 13.3 Å². The van der Waals surface area contributed by atoms with E-state index in [1.807, 2.05) is 0 Å². The molecule has 0 bridgehead atoms. The van der Waals surface area contributed by atoms with Crippen LogP contribution in [-0.2, 0) is 4.79 Å². The molecule has 0 aliphatic carbocycles. The number of carbonyl (C=O) groups excluding carboxylic acids is 1. The van der Waals surface area contributed by atoms with Crippen LogP contribution >= 0.6 is 12.4 Å². The molecule has 1 atom stereocenters. The molecule has 0 aromatic carbocycles. The summed E-state index contributed by atoms with van der Waals surface area (Å²) in [6.07, 6.45) is -5.28. The Morgan fingerprint density at radius 3 is 2.40 bits per heavy atom. The predicted octanol–water partition coefficient (Wildman–Crippen LogP) is 1.60. The van der Waals surface area contributed by atoms with E-state index in [-0.39, 0.29) is 18.4 Å². The van der Waals surface area contributed by atoms with Gasteiger partial charge >= 0.3 is 6.18 Å². The Bertz CT molecular complexity index is 185. The van der Waals surface area contributed by atoms with Crippen molar-refractivity contribution in [3.63, 3.8) is 0 Å². The number of nitrogens with one attached hydrogen (secondary N) is 1. The number of halogens is 4. The van der Waals surface area contributed by atoms with E-state index in [1.165, 1.54) is 0 Å². The number of hydrogen-bond donors (Lipinski definition) is 2. The van der Waals surface area contributed by atoms with E-state index in [2.05, 4.69) is 5.32 Å². The van der Waals surface area contributed by atoms with E-state index in [4.69, 9.17) is 5.73 Å². The molecule has 7 heteroatoms. The normalized spacial score (nSPS) is 12.9. The molecule has 0 aliphatic heterocycles. The molecule has 1 amide bonds. The fraction of sp³-hybridized carbons (Fsp3) is 0.875. The lowest BCUT2D eigenvalue weighted by Crippen LogP contribution is -2.29. The Morgan fingerprint density at radius 2 is 2.00 bits per heavy atom. The Morgan fingerprint density at radius 1 is 1.47 bits per heavy atom. The summed E-state index contributed by atoms with van der Waals surface area (Å²) in [5.41, 5.74) is 5.39. The minimum absolute atomic E-state index is 0. The van der Waals surface area contributed by atoms with Crippen molar-refractivity contribution in [2.24, 2.45) is 5.73 Å². The first-order valence-electron chi connectivity index (χ1n) is 4.40. The van der Waals surface area contributed by atoms with Crippen LogP contribution in [0.4, 0.5) is 13.2 Å². The first-order chi connectivity index (χ1) is 6.31. The lowest BCUT2D eigenvalue weighted by molar-refractivity contribution is -0.144. The van der Waals surface area contributed by atoms with Crippen LogP contribution in [0.5, 0.6) is 0 Å². The molecule has 0 radical (unpaired) electrons. The van der Waals surface area contributed by atoms with Crippen LogP contribution in [0.25, 0.3) is 0 Å². The van der Waals surface area contributed by atoms with Gasteiger partial charge in [0.2, 0.25) is 5.91 Å². The predicted molar refractivity (Wildman–Crippen MR) is 53.8 cm³/mol. The van der Waals surface area contributed by atoms with Crippen molar-refractivity contribution in [2.45, 2.75) is 38.4 Å². The smallest absolute Gasteiger partial charge is 0.356 e. The van der Waals surface area contributed by atoms with E-state index >= 15 is 0 Å². The Hall–Kier alpha value is -0.490. The van der Waals surface area contributed by atoms with Gasteiger partial charge in [-0.3, -0.25) is 4.79 Å². The first-order valence-corrected chi connectivity index (χ1v) is 4.40. The van der Waals surface area contributed by atoms with Gasteiger partial charge in [-0.2, -0.15) is 13.2 Å². The highest BCUT2D eigenvalue weighted by Crippen LogP contribution is 2.20. The van der Waals surface area contributed by atoms with Gasteiger partial charge in [-0.15, -0.1) is 12.4 Å². The Balaban J connectivity index is 0. The van der Waals surface area contributed by atoms with E-state index in [0.29, 0.717) is 13.0 Å². The molecule has 92 valence electrons. The molecule has 0 saturated heterocycles. The topological polar surface area (TPSA) is 55.1 Å². The standard InChI is InChI=1S/C8H15F3N2O.ClH/c1-6(12)3-5-13-7(14)2-4-8(9,10)11;/h6H,2-5,12H2,1H3,(H,13,14);1H. The maximum atomic E-state index is 11.7. The van der Waals surface area contributed by atoms with Crippen molar-refractivity contribution in [3.8, 4) is 0 Å². The fourth-order valence-corrected chi connectivity index (χ4v) is 0.783. The SMILES string of the molecule is CC(N)CCNC(=O)CCC(F)(F)F.Cl. The number of nitrogens with two attached hydrogens (primary N) is 1. The number of carbonyl (C=O) groups is 1. The van der Waals surface area contributed by atoms with Crippen LogP contribution < -0.4 is 11.1 Å². The summed E-state index contributed by atoms with van der Waals surface area (Å²) in [4.78, 5) is 10.8. The Labute approximate surface area is 93.0 Å². The summed E-state index contributed by atoms with van der Waals surface area (Å²) in [6.45, 7) is 2.09. The van der Waals surface area contributed by atoms with E-state index < -0.39 is 24.9 Å². The van der Waals surface area contributed by atoms with Crippen LogP contribution in [0.1, 0.15) is 26.2 Å². The summed E-state index contributed by atoms with van der Waals surface area (Å²) in [5.74, 6) is -0.581. The largest absolute Gasteiger partial charge is 0.389 e. The molecule has 0 rings (SSSR count). The molecule has 0 saturated carbocycles. The van der Waals surface area contributed by atoms with Crippen molar-refractivity contribution < 1.29 is 18.0 Å². The van der Waals surface area contributed by atoms with Gasteiger partial charge in [0.25, 0.3) is 0 Å². The third-order valence-electron chi connectivity index (χ3n) is 1.56. The van der Waals surface area contributed by atoms with Gasteiger partial charge in [0, 0.05) is 19.0 Å². The highest BCUT2D eigenvalue weighted by Gasteiger charge is 2.27. The monoisotopic (exact) mass is 248 g/mol. The second-order valence-electron chi connectivity index (χ2n) is 3.23. The molecule has 15 heavy (non-hydrogen) atoms. The van der Waals surface area contributed by atoms with Gasteiger partial charge in [0.15, 0.2) is 0 Å². The molecule has 0 aromatic heterocycles. The maximum absolute atomic E-state index is 11.7.